The lowest BCUT2D eigenvalue weighted by atomic mass is 9.82. The quantitative estimate of drug-likeness (QED) is 0.778. The van der Waals surface area contributed by atoms with Crippen LogP contribution < -0.4 is 5.32 Å². The van der Waals surface area contributed by atoms with Gasteiger partial charge in [0.15, 0.2) is 5.78 Å². The van der Waals surface area contributed by atoms with Gasteiger partial charge in [-0.1, -0.05) is 12.8 Å². The first-order chi connectivity index (χ1) is 11.5. The molecule has 2 aliphatic heterocycles. The third kappa shape index (κ3) is 2.75. The van der Waals surface area contributed by atoms with E-state index in [1.54, 1.807) is 4.90 Å². The Morgan fingerprint density at radius 3 is 2.50 bits per heavy atom. The van der Waals surface area contributed by atoms with Crippen LogP contribution in [0.1, 0.15) is 52.4 Å². The number of nitrogens with one attached hydrogen (secondary N) is 1. The lowest BCUT2D eigenvalue weighted by molar-refractivity contribution is -0.138. The minimum Gasteiger partial charge on any atom is -0.316 e. The van der Waals surface area contributed by atoms with E-state index in [9.17, 15) is 14.4 Å². The number of carbonyl (C=O) groups is 3. The summed E-state index contributed by atoms with van der Waals surface area (Å²) in [4.78, 5) is 41.4. The summed E-state index contributed by atoms with van der Waals surface area (Å²) in [6.45, 7) is 5.85. The molecule has 3 amide bonds. The molecular formula is C18H29N3O3. The van der Waals surface area contributed by atoms with Gasteiger partial charge in [-0.3, -0.25) is 14.5 Å². The molecule has 6 heteroatoms. The molecule has 2 atom stereocenters. The molecule has 0 aromatic carbocycles. The largest absolute Gasteiger partial charge is 0.328 e. The topological polar surface area (TPSA) is 69.7 Å². The Bertz CT molecular complexity index is 524. The van der Waals surface area contributed by atoms with Gasteiger partial charge >= 0.3 is 6.03 Å². The average Bonchev–Trinajstić information content (AvgIpc) is 3.19. The van der Waals surface area contributed by atoms with Crippen LogP contribution in [0, 0.1) is 11.8 Å². The lowest BCUT2D eigenvalue weighted by Crippen LogP contribution is -2.52. The summed E-state index contributed by atoms with van der Waals surface area (Å²) in [7, 11) is 0. The number of imide groups is 1. The smallest absolute Gasteiger partial charge is 0.316 e. The van der Waals surface area contributed by atoms with Gasteiger partial charge in [0.05, 0.1) is 6.54 Å². The Morgan fingerprint density at radius 1 is 1.21 bits per heavy atom. The van der Waals surface area contributed by atoms with Crippen LogP contribution in [-0.4, -0.2) is 59.2 Å². The third-order valence-electron chi connectivity index (χ3n) is 6.23. The molecule has 2 heterocycles. The second-order valence-corrected chi connectivity index (χ2v) is 7.56. The van der Waals surface area contributed by atoms with E-state index in [-0.39, 0.29) is 36.1 Å². The normalized spacial score (nSPS) is 32.0. The number of carbonyl (C=O) groups excluding carboxylic acids is 3. The van der Waals surface area contributed by atoms with Crippen LogP contribution >= 0.6 is 0 Å². The number of nitrogens with zero attached hydrogens (tertiary/aromatic N) is 2. The lowest BCUT2D eigenvalue weighted by Gasteiger charge is -2.36. The Labute approximate surface area is 143 Å². The maximum absolute atomic E-state index is 13.1. The van der Waals surface area contributed by atoms with Gasteiger partial charge in [0.25, 0.3) is 5.91 Å². The van der Waals surface area contributed by atoms with E-state index in [1.807, 2.05) is 13.8 Å². The van der Waals surface area contributed by atoms with Crippen molar-refractivity contribution in [3.63, 3.8) is 0 Å². The maximum atomic E-state index is 13.1. The monoisotopic (exact) mass is 335 g/mol. The molecule has 0 aromatic rings. The zero-order valence-electron chi connectivity index (χ0n) is 14.8. The molecule has 0 aromatic heterocycles. The van der Waals surface area contributed by atoms with Crippen LogP contribution in [0.3, 0.4) is 0 Å². The summed E-state index contributed by atoms with van der Waals surface area (Å²) in [5.74, 6) is -0.0212. The van der Waals surface area contributed by atoms with E-state index in [1.165, 1.54) is 4.90 Å². The number of likely N-dealkylation sites (N-methyl/N-ethyl adjacent to an activating group) is 1. The minimum atomic E-state index is -0.770. The fourth-order valence-corrected chi connectivity index (χ4v) is 4.72. The second-order valence-electron chi connectivity index (χ2n) is 7.56. The van der Waals surface area contributed by atoms with Crippen molar-refractivity contribution in [3.8, 4) is 0 Å². The van der Waals surface area contributed by atoms with Crippen LogP contribution in [0.5, 0.6) is 0 Å². The van der Waals surface area contributed by atoms with Crippen molar-refractivity contribution in [2.24, 2.45) is 11.8 Å². The highest BCUT2D eigenvalue weighted by molar-refractivity contribution is 6.09. The van der Waals surface area contributed by atoms with Crippen molar-refractivity contribution >= 4 is 17.7 Å². The number of rotatable bonds is 5. The summed E-state index contributed by atoms with van der Waals surface area (Å²) >= 11 is 0. The van der Waals surface area contributed by atoms with E-state index in [2.05, 4.69) is 5.32 Å². The van der Waals surface area contributed by atoms with Gasteiger partial charge in [0, 0.05) is 19.0 Å². The first-order valence-corrected chi connectivity index (χ1v) is 9.37. The molecule has 2 saturated heterocycles. The van der Waals surface area contributed by atoms with E-state index in [0.717, 1.165) is 45.1 Å². The number of hydrogen-bond donors (Lipinski definition) is 1. The highest BCUT2D eigenvalue weighted by atomic mass is 16.2. The van der Waals surface area contributed by atoms with Gasteiger partial charge in [-0.05, 0) is 52.0 Å². The molecule has 1 aliphatic carbocycles. The highest BCUT2D eigenvalue weighted by Gasteiger charge is 2.58. The molecule has 0 radical (unpaired) electrons. The summed E-state index contributed by atoms with van der Waals surface area (Å²) in [6.07, 6.45) is 6.03. The summed E-state index contributed by atoms with van der Waals surface area (Å²) in [5.41, 5.74) is -0.770. The van der Waals surface area contributed by atoms with Crippen molar-refractivity contribution < 1.29 is 14.4 Å². The van der Waals surface area contributed by atoms with Crippen molar-refractivity contribution in [2.45, 2.75) is 57.9 Å². The van der Waals surface area contributed by atoms with Gasteiger partial charge in [-0.15, -0.1) is 0 Å². The Kier molecular flexibility index (Phi) is 4.95. The molecule has 2 unspecified atom stereocenters. The predicted octanol–water partition coefficient (Wildman–Crippen LogP) is 1.79. The van der Waals surface area contributed by atoms with Crippen LogP contribution in [0.4, 0.5) is 4.79 Å². The van der Waals surface area contributed by atoms with Gasteiger partial charge < -0.3 is 10.2 Å². The molecule has 0 bridgehead atoms. The van der Waals surface area contributed by atoms with Crippen molar-refractivity contribution in [1.29, 1.82) is 0 Å². The second kappa shape index (κ2) is 6.82. The van der Waals surface area contributed by atoms with Crippen molar-refractivity contribution in [1.82, 2.24) is 15.1 Å². The zero-order chi connectivity index (χ0) is 17.3. The molecule has 3 fully saturated rings. The number of urea groups is 1. The van der Waals surface area contributed by atoms with Crippen LogP contribution in [0.2, 0.25) is 0 Å². The zero-order valence-corrected chi connectivity index (χ0v) is 14.8. The number of amides is 3. The first kappa shape index (κ1) is 17.4. The molecule has 3 rings (SSSR count). The third-order valence-corrected chi connectivity index (χ3v) is 6.23. The molecule has 134 valence electrons. The fourth-order valence-electron chi connectivity index (χ4n) is 4.72. The van der Waals surface area contributed by atoms with Crippen LogP contribution in [0.15, 0.2) is 0 Å². The molecule has 0 spiro atoms. The first-order valence-electron chi connectivity index (χ1n) is 9.37. The number of piperidine rings is 1. The van der Waals surface area contributed by atoms with Crippen molar-refractivity contribution in [2.75, 3.05) is 26.2 Å². The molecular weight excluding hydrogens is 306 g/mol. The van der Waals surface area contributed by atoms with Crippen molar-refractivity contribution in [3.05, 3.63) is 0 Å². The molecule has 24 heavy (non-hydrogen) atoms. The standard InChI is InChI=1S/C18H29N3O3/c1-3-21-17(24)20(12-15(22)13-7-6-10-19-11-13)16(23)18(21,2)14-8-4-5-9-14/h13-14,19H,3-12H2,1-2H3. The van der Waals surface area contributed by atoms with E-state index in [4.69, 9.17) is 0 Å². The highest BCUT2D eigenvalue weighted by Crippen LogP contribution is 2.42. The van der Waals surface area contributed by atoms with Crippen LogP contribution in [-0.2, 0) is 9.59 Å². The number of ketones is 1. The molecule has 1 N–H and O–H groups in total. The fraction of sp³-hybridized carbons (Fsp3) is 0.833. The van der Waals surface area contributed by atoms with Gasteiger partial charge in [-0.2, -0.15) is 0 Å². The molecule has 1 saturated carbocycles. The summed E-state index contributed by atoms with van der Waals surface area (Å²) in [5, 5.41) is 3.22. The number of hydrogen-bond acceptors (Lipinski definition) is 4. The van der Waals surface area contributed by atoms with Crippen LogP contribution in [0.25, 0.3) is 0 Å². The SMILES string of the molecule is CCN1C(=O)N(CC(=O)C2CCCNC2)C(=O)C1(C)C1CCCC1. The Hall–Kier alpha value is -1.43. The predicted molar refractivity (Wildman–Crippen MR) is 90.5 cm³/mol. The van der Waals surface area contributed by atoms with Gasteiger partial charge in [0.1, 0.15) is 5.54 Å². The Balaban J connectivity index is 1.77. The molecule has 3 aliphatic rings. The maximum Gasteiger partial charge on any atom is 0.328 e. The number of Topliss-reactive ketones (excluding diaryl/α,β-unsaturated/α-hetero) is 1. The summed E-state index contributed by atoms with van der Waals surface area (Å²) in [6, 6.07) is -0.283. The van der Waals surface area contributed by atoms with E-state index in [0.29, 0.717) is 13.1 Å². The summed E-state index contributed by atoms with van der Waals surface area (Å²) < 4.78 is 0. The van der Waals surface area contributed by atoms with E-state index < -0.39 is 5.54 Å². The molecule has 6 nitrogen and oxygen atoms in total. The minimum absolute atomic E-state index is 0.00984. The van der Waals surface area contributed by atoms with Gasteiger partial charge in [-0.25, -0.2) is 4.79 Å². The van der Waals surface area contributed by atoms with E-state index >= 15 is 0 Å². The average molecular weight is 335 g/mol. The van der Waals surface area contributed by atoms with Gasteiger partial charge in [0.2, 0.25) is 0 Å². The Morgan fingerprint density at radius 2 is 1.92 bits per heavy atom.